The van der Waals surface area contributed by atoms with Crippen LogP contribution in [-0.4, -0.2) is 53.6 Å². The van der Waals surface area contributed by atoms with Crippen LogP contribution in [0.4, 0.5) is 29.6 Å². The quantitative estimate of drug-likeness (QED) is 0.660. The second-order valence-corrected chi connectivity index (χ2v) is 8.78. The van der Waals surface area contributed by atoms with E-state index in [1.807, 2.05) is 6.07 Å². The van der Waals surface area contributed by atoms with Gasteiger partial charge in [-0.1, -0.05) is 18.9 Å². The molecular formula is C23H25F3N4O4. The summed E-state index contributed by atoms with van der Waals surface area (Å²) in [6.45, 7) is 0.438. The van der Waals surface area contributed by atoms with E-state index in [9.17, 15) is 18.0 Å². The molecule has 3 aliphatic rings. The molecule has 2 aliphatic heterocycles. The van der Waals surface area contributed by atoms with Crippen molar-refractivity contribution in [1.82, 2.24) is 9.97 Å². The maximum atomic E-state index is 12.9. The summed E-state index contributed by atoms with van der Waals surface area (Å²) in [7, 11) is 0. The van der Waals surface area contributed by atoms with Crippen LogP contribution in [0.2, 0.25) is 0 Å². The van der Waals surface area contributed by atoms with E-state index in [0.717, 1.165) is 30.7 Å². The zero-order valence-corrected chi connectivity index (χ0v) is 18.3. The lowest BCUT2D eigenvalue weighted by Crippen LogP contribution is -2.38. The molecule has 34 heavy (non-hydrogen) atoms. The Balaban J connectivity index is 1.17. The highest BCUT2D eigenvalue weighted by Gasteiger charge is 2.49. The van der Waals surface area contributed by atoms with Crippen molar-refractivity contribution < 1.29 is 32.2 Å². The third kappa shape index (κ3) is 4.95. The van der Waals surface area contributed by atoms with Crippen LogP contribution in [0, 0.1) is 0 Å². The second kappa shape index (κ2) is 9.38. The molecular weight excluding hydrogens is 453 g/mol. The lowest BCUT2D eigenvalue weighted by molar-refractivity contribution is -0.137. The van der Waals surface area contributed by atoms with Crippen molar-refractivity contribution >= 4 is 17.7 Å². The van der Waals surface area contributed by atoms with Gasteiger partial charge in [0.05, 0.1) is 24.8 Å². The number of benzene rings is 1. The number of nitrogens with one attached hydrogen (secondary N) is 2. The number of rotatable bonds is 5. The molecule has 2 aromatic rings. The van der Waals surface area contributed by atoms with Gasteiger partial charge in [-0.15, -0.1) is 0 Å². The van der Waals surface area contributed by atoms with Crippen LogP contribution in [0.5, 0.6) is 0 Å². The Bertz CT molecular complexity index is 1030. The standard InChI is InChI=1S/C23H25F3N4O4/c24-23(25,26)14-6-3-7-15(10-14)28-22(31)34-18-12-33-19-17(11-32-20(18)19)30-21-27-9-8-16(29-21)13-4-1-2-5-13/h3,6-10,13,17-20H,1-2,4-5,11-12H2,(H,28,31)(H,27,29,30)/t17-,18-,19-,20+/m0/s1. The van der Waals surface area contributed by atoms with Gasteiger partial charge in [-0.2, -0.15) is 13.2 Å². The summed E-state index contributed by atoms with van der Waals surface area (Å²) in [4.78, 5) is 21.3. The lowest BCUT2D eigenvalue weighted by Gasteiger charge is -2.18. The van der Waals surface area contributed by atoms with E-state index in [-0.39, 0.29) is 24.4 Å². The number of hydrogen-bond donors (Lipinski definition) is 2. The number of halogens is 3. The highest BCUT2D eigenvalue weighted by Crippen LogP contribution is 2.34. The average Bonchev–Trinajstić information content (AvgIpc) is 3.54. The zero-order chi connectivity index (χ0) is 23.7. The lowest BCUT2D eigenvalue weighted by atomic mass is 10.0. The molecule has 1 amide bonds. The van der Waals surface area contributed by atoms with Crippen molar-refractivity contribution in [3.05, 3.63) is 47.8 Å². The molecule has 182 valence electrons. The molecule has 4 atom stereocenters. The Morgan fingerprint density at radius 2 is 1.88 bits per heavy atom. The maximum absolute atomic E-state index is 12.9. The van der Waals surface area contributed by atoms with E-state index >= 15 is 0 Å². The van der Waals surface area contributed by atoms with Gasteiger partial charge >= 0.3 is 12.3 Å². The largest absolute Gasteiger partial charge is 0.441 e. The Labute approximate surface area is 194 Å². The summed E-state index contributed by atoms with van der Waals surface area (Å²) in [6, 6.07) is 6.08. The number of aromatic nitrogens is 2. The predicted molar refractivity (Wildman–Crippen MR) is 115 cm³/mol. The van der Waals surface area contributed by atoms with Crippen LogP contribution in [0.1, 0.15) is 42.9 Å². The average molecular weight is 478 g/mol. The van der Waals surface area contributed by atoms with Crippen molar-refractivity contribution in [3.8, 4) is 0 Å². The number of nitrogens with zero attached hydrogens (tertiary/aromatic N) is 2. The van der Waals surface area contributed by atoms with Gasteiger partial charge in [0.25, 0.3) is 0 Å². The van der Waals surface area contributed by atoms with E-state index in [2.05, 4.69) is 20.6 Å². The van der Waals surface area contributed by atoms with Gasteiger partial charge in [-0.25, -0.2) is 14.8 Å². The second-order valence-electron chi connectivity index (χ2n) is 8.78. The SMILES string of the molecule is O=C(Nc1cccc(C(F)(F)F)c1)O[C@H]1CO[C@@H]2[C@@H]1OC[C@@H]2Nc1nccc(C2CCCC2)n1. The van der Waals surface area contributed by atoms with Crippen molar-refractivity contribution in [1.29, 1.82) is 0 Å². The number of hydrogen-bond acceptors (Lipinski definition) is 7. The first-order valence-electron chi connectivity index (χ1n) is 11.3. The molecule has 1 saturated carbocycles. The first-order valence-corrected chi connectivity index (χ1v) is 11.3. The molecule has 2 N–H and O–H groups in total. The van der Waals surface area contributed by atoms with Gasteiger partial charge in [0.2, 0.25) is 5.95 Å². The van der Waals surface area contributed by atoms with Crippen LogP contribution >= 0.6 is 0 Å². The van der Waals surface area contributed by atoms with Crippen LogP contribution in [-0.2, 0) is 20.4 Å². The maximum Gasteiger partial charge on any atom is 0.416 e. The molecule has 1 aromatic heterocycles. The van der Waals surface area contributed by atoms with Gasteiger partial charge in [0.1, 0.15) is 12.2 Å². The monoisotopic (exact) mass is 478 g/mol. The Hall–Kier alpha value is -2.92. The third-order valence-electron chi connectivity index (χ3n) is 6.47. The van der Waals surface area contributed by atoms with Crippen LogP contribution in [0.15, 0.2) is 36.5 Å². The van der Waals surface area contributed by atoms with Crippen LogP contribution < -0.4 is 10.6 Å². The molecule has 2 saturated heterocycles. The number of amides is 1. The van der Waals surface area contributed by atoms with Crippen LogP contribution in [0.25, 0.3) is 0 Å². The number of alkyl halides is 3. The molecule has 8 nitrogen and oxygen atoms in total. The molecule has 1 aliphatic carbocycles. The molecule has 0 bridgehead atoms. The van der Waals surface area contributed by atoms with E-state index in [1.165, 1.54) is 25.0 Å². The normalized spacial score (nSPS) is 26.9. The summed E-state index contributed by atoms with van der Waals surface area (Å²) in [6.07, 6.45) is -0.481. The number of ether oxygens (including phenoxy) is 3. The van der Waals surface area contributed by atoms with Gasteiger partial charge < -0.3 is 19.5 Å². The smallest absolute Gasteiger partial charge is 0.416 e. The molecule has 3 fully saturated rings. The Morgan fingerprint density at radius 1 is 1.09 bits per heavy atom. The number of anilines is 2. The molecule has 5 rings (SSSR count). The first kappa shape index (κ1) is 22.9. The minimum atomic E-state index is -4.51. The number of carbonyl (C=O) groups is 1. The molecule has 0 spiro atoms. The fourth-order valence-corrected chi connectivity index (χ4v) is 4.80. The molecule has 3 heterocycles. The summed E-state index contributed by atoms with van der Waals surface area (Å²) >= 11 is 0. The van der Waals surface area contributed by atoms with Crippen molar-refractivity contribution in [3.63, 3.8) is 0 Å². The van der Waals surface area contributed by atoms with Crippen LogP contribution in [0.3, 0.4) is 0 Å². The molecule has 1 aromatic carbocycles. The summed E-state index contributed by atoms with van der Waals surface area (Å²) in [5.41, 5.74) is 0.161. The topological polar surface area (TPSA) is 94.6 Å². The van der Waals surface area contributed by atoms with Gasteiger partial charge in [-0.05, 0) is 37.1 Å². The fraction of sp³-hybridized carbons (Fsp3) is 0.522. The van der Waals surface area contributed by atoms with E-state index in [0.29, 0.717) is 18.5 Å². The fourth-order valence-electron chi connectivity index (χ4n) is 4.80. The van der Waals surface area contributed by atoms with E-state index < -0.39 is 30.0 Å². The minimum absolute atomic E-state index is 0.0125. The van der Waals surface area contributed by atoms with E-state index in [4.69, 9.17) is 14.2 Å². The highest BCUT2D eigenvalue weighted by molar-refractivity contribution is 5.84. The Kier molecular flexibility index (Phi) is 6.30. The number of fused-ring (bicyclic) bond motifs is 1. The summed E-state index contributed by atoms with van der Waals surface area (Å²) < 4.78 is 55.7. The highest BCUT2D eigenvalue weighted by atomic mass is 19.4. The van der Waals surface area contributed by atoms with Crippen molar-refractivity contribution in [2.45, 2.75) is 62.1 Å². The van der Waals surface area contributed by atoms with Crippen molar-refractivity contribution in [2.24, 2.45) is 0 Å². The van der Waals surface area contributed by atoms with Gasteiger partial charge in [0, 0.05) is 23.5 Å². The zero-order valence-electron chi connectivity index (χ0n) is 18.3. The summed E-state index contributed by atoms with van der Waals surface area (Å²) in [5.74, 6) is 0.973. The Morgan fingerprint density at radius 3 is 2.68 bits per heavy atom. The van der Waals surface area contributed by atoms with Gasteiger partial charge in [0.15, 0.2) is 6.10 Å². The third-order valence-corrected chi connectivity index (χ3v) is 6.47. The summed E-state index contributed by atoms with van der Waals surface area (Å²) in [5, 5.41) is 5.61. The molecule has 0 unspecified atom stereocenters. The predicted octanol–water partition coefficient (Wildman–Crippen LogP) is 4.35. The molecule has 0 radical (unpaired) electrons. The number of carbonyl (C=O) groups excluding carboxylic acids is 1. The first-order chi connectivity index (χ1) is 16.4. The van der Waals surface area contributed by atoms with E-state index in [1.54, 1.807) is 6.20 Å². The minimum Gasteiger partial charge on any atom is -0.441 e. The molecule has 11 heteroatoms. The van der Waals surface area contributed by atoms with Crippen molar-refractivity contribution in [2.75, 3.05) is 23.8 Å². The van der Waals surface area contributed by atoms with Gasteiger partial charge in [-0.3, -0.25) is 5.32 Å².